The Morgan fingerprint density at radius 2 is 1.74 bits per heavy atom. The molecule has 2 aromatic heterocycles. The number of amides is 1. The van der Waals surface area contributed by atoms with E-state index in [2.05, 4.69) is 21.8 Å². The third kappa shape index (κ3) is 5.99. The molecule has 200 valence electrons. The third-order valence-corrected chi connectivity index (χ3v) is 7.86. The molecule has 0 bridgehead atoms. The molecule has 3 heterocycles. The van der Waals surface area contributed by atoms with Crippen LogP contribution in [0.4, 0.5) is 13.2 Å². The van der Waals surface area contributed by atoms with E-state index in [-0.39, 0.29) is 5.69 Å². The van der Waals surface area contributed by atoms with Crippen molar-refractivity contribution in [1.82, 2.24) is 14.7 Å². The molecule has 1 aliphatic heterocycles. The minimum atomic E-state index is -4.40. The van der Waals surface area contributed by atoms with E-state index in [1.165, 1.54) is 23.5 Å². The van der Waals surface area contributed by atoms with E-state index in [1.54, 1.807) is 22.9 Å². The molecule has 0 aliphatic carbocycles. The molecule has 0 radical (unpaired) electrons. The summed E-state index contributed by atoms with van der Waals surface area (Å²) < 4.78 is 40.2. The van der Waals surface area contributed by atoms with Gasteiger partial charge in [0.05, 0.1) is 31.7 Å². The lowest BCUT2D eigenvalue weighted by Crippen LogP contribution is -2.22. The highest BCUT2D eigenvalue weighted by atomic mass is 35.5. The van der Waals surface area contributed by atoms with Crippen molar-refractivity contribution in [3.05, 3.63) is 91.9 Å². The van der Waals surface area contributed by atoms with Crippen molar-refractivity contribution < 1.29 is 18.0 Å². The van der Waals surface area contributed by atoms with Gasteiger partial charge in [-0.25, -0.2) is 4.68 Å². The number of alkyl halides is 3. The van der Waals surface area contributed by atoms with Gasteiger partial charge < -0.3 is 5.73 Å². The summed E-state index contributed by atoms with van der Waals surface area (Å²) in [6.45, 7) is 2.29. The second-order valence-electron chi connectivity index (χ2n) is 9.02. The summed E-state index contributed by atoms with van der Waals surface area (Å²) in [6, 6.07) is 13.4. The van der Waals surface area contributed by atoms with Gasteiger partial charge in [0.15, 0.2) is 5.69 Å². The molecule has 39 heavy (non-hydrogen) atoms. The maximum absolute atomic E-state index is 12.9. The average molecular weight is 589 g/mol. The molecule has 11 heteroatoms. The van der Waals surface area contributed by atoms with Gasteiger partial charge >= 0.3 is 6.18 Å². The number of carbonyl (C=O) groups excluding carboxylic acids is 1. The first kappa shape index (κ1) is 27.3. The molecule has 0 unspecified atom stereocenters. The fraction of sp³-hybridized carbons (Fsp3) is 0.214. The second kappa shape index (κ2) is 11.1. The Morgan fingerprint density at radius 3 is 2.38 bits per heavy atom. The lowest BCUT2D eigenvalue weighted by molar-refractivity contribution is -0.137. The van der Waals surface area contributed by atoms with Crippen LogP contribution >= 0.6 is 34.5 Å². The van der Waals surface area contributed by atoms with Crippen LogP contribution in [0.5, 0.6) is 0 Å². The molecular weight excluding hydrogens is 568 g/mol. The predicted molar refractivity (Wildman–Crippen MR) is 147 cm³/mol. The number of nitrogens with zero attached hydrogens (tertiary/aromatic N) is 3. The Hall–Kier alpha value is -3.29. The van der Waals surface area contributed by atoms with Gasteiger partial charge in [0, 0.05) is 22.7 Å². The zero-order valence-corrected chi connectivity index (χ0v) is 22.7. The van der Waals surface area contributed by atoms with Crippen molar-refractivity contribution >= 4 is 40.4 Å². The van der Waals surface area contributed by atoms with E-state index < -0.39 is 17.6 Å². The van der Waals surface area contributed by atoms with Gasteiger partial charge in [-0.15, -0.1) is 11.3 Å². The van der Waals surface area contributed by atoms with Crippen molar-refractivity contribution in [3.63, 3.8) is 0 Å². The molecule has 1 amide bonds. The highest BCUT2D eigenvalue weighted by Crippen LogP contribution is 2.37. The summed E-state index contributed by atoms with van der Waals surface area (Å²) in [6.07, 6.45) is -2.26. The summed E-state index contributed by atoms with van der Waals surface area (Å²) in [4.78, 5) is 16.2. The van der Waals surface area contributed by atoms with Crippen LogP contribution in [0, 0.1) is 11.8 Å². The number of thiophene rings is 1. The topological polar surface area (TPSA) is 64.2 Å². The fourth-order valence-electron chi connectivity index (χ4n) is 4.45. The number of benzene rings is 2. The van der Waals surface area contributed by atoms with Gasteiger partial charge in [-0.1, -0.05) is 35.0 Å². The number of primary amides is 1. The number of hydrogen-bond donors (Lipinski definition) is 1. The van der Waals surface area contributed by atoms with Crippen molar-refractivity contribution in [2.75, 3.05) is 13.1 Å². The molecule has 1 aliphatic rings. The zero-order valence-electron chi connectivity index (χ0n) is 20.4. The Bertz CT molecular complexity index is 1590. The molecule has 5 nitrogen and oxygen atoms in total. The lowest BCUT2D eigenvalue weighted by atomic mass is 10.1. The highest BCUT2D eigenvalue weighted by molar-refractivity contribution is 7.16. The number of likely N-dealkylation sites (tertiary alicyclic amines) is 1. The summed E-state index contributed by atoms with van der Waals surface area (Å²) in [7, 11) is 0. The summed E-state index contributed by atoms with van der Waals surface area (Å²) in [5.74, 6) is 5.29. The monoisotopic (exact) mass is 588 g/mol. The number of rotatable bonds is 5. The molecule has 1 fully saturated rings. The van der Waals surface area contributed by atoms with Crippen LogP contribution in [-0.4, -0.2) is 33.7 Å². The molecule has 0 atom stereocenters. The third-order valence-electron chi connectivity index (χ3n) is 6.32. The minimum Gasteiger partial charge on any atom is -0.364 e. The standard InChI is InChI=1S/C28H21Cl2F3N4OS/c29-19-8-11-23(22(30)15-19)37-26(21(25(35-37)27(34)38)16-36-13-1-2-14-36)24-12-10-20(39-24)9-5-17-3-6-18(7-4-17)28(31,32)33/h3-4,6-8,10-12,15H,1-2,13-14,16H2,(H2,34,38). The fourth-order valence-corrected chi connectivity index (χ4v) is 5.86. The predicted octanol–water partition coefficient (Wildman–Crippen LogP) is 7.02. The molecule has 0 saturated carbocycles. The first-order chi connectivity index (χ1) is 18.6. The van der Waals surface area contributed by atoms with Crippen molar-refractivity contribution in [3.8, 4) is 28.1 Å². The van der Waals surface area contributed by atoms with Crippen LogP contribution in [0.25, 0.3) is 16.3 Å². The minimum absolute atomic E-state index is 0.161. The highest BCUT2D eigenvalue weighted by Gasteiger charge is 2.30. The van der Waals surface area contributed by atoms with Gasteiger partial charge in [0.2, 0.25) is 0 Å². The van der Waals surface area contributed by atoms with E-state index in [1.807, 2.05) is 12.1 Å². The summed E-state index contributed by atoms with van der Waals surface area (Å²) in [5, 5.41) is 5.40. The Morgan fingerprint density at radius 1 is 1.03 bits per heavy atom. The molecule has 2 aromatic carbocycles. The lowest BCUT2D eigenvalue weighted by Gasteiger charge is -2.16. The Balaban J connectivity index is 1.57. The van der Waals surface area contributed by atoms with Crippen LogP contribution in [0.1, 0.15) is 44.9 Å². The molecule has 4 aromatic rings. The SMILES string of the molecule is NC(=O)c1nn(-c2ccc(Cl)cc2Cl)c(-c2ccc(C#Cc3ccc(C(F)(F)F)cc3)s2)c1CN1CCCC1. The van der Waals surface area contributed by atoms with Crippen molar-refractivity contribution in [2.24, 2.45) is 5.73 Å². The van der Waals surface area contributed by atoms with Crippen molar-refractivity contribution in [2.45, 2.75) is 25.6 Å². The maximum Gasteiger partial charge on any atom is 0.416 e. The number of carbonyl (C=O) groups is 1. The first-order valence-electron chi connectivity index (χ1n) is 12.0. The van der Waals surface area contributed by atoms with E-state index in [0.29, 0.717) is 44.0 Å². The molecular formula is C28H21Cl2F3N4OS. The van der Waals surface area contributed by atoms with Gasteiger partial charge in [-0.2, -0.15) is 18.3 Å². The molecule has 1 saturated heterocycles. The van der Waals surface area contributed by atoms with Crippen LogP contribution in [0.2, 0.25) is 10.0 Å². The number of halogens is 5. The largest absolute Gasteiger partial charge is 0.416 e. The Labute approximate surface area is 236 Å². The average Bonchev–Trinajstić information content (AvgIpc) is 3.63. The first-order valence-corrected chi connectivity index (χ1v) is 13.6. The van der Waals surface area contributed by atoms with Crippen LogP contribution in [0.3, 0.4) is 0 Å². The quantitative estimate of drug-likeness (QED) is 0.255. The van der Waals surface area contributed by atoms with Gasteiger partial charge in [-0.3, -0.25) is 9.69 Å². The summed E-state index contributed by atoms with van der Waals surface area (Å²) >= 11 is 14.0. The molecule has 5 rings (SSSR count). The Kier molecular flexibility index (Phi) is 7.74. The number of hydrogen-bond acceptors (Lipinski definition) is 4. The maximum atomic E-state index is 12.9. The van der Waals surface area contributed by atoms with E-state index >= 15 is 0 Å². The second-order valence-corrected chi connectivity index (χ2v) is 10.9. The molecule has 0 spiro atoms. The van der Waals surface area contributed by atoms with Crippen LogP contribution in [0.15, 0.2) is 54.6 Å². The van der Waals surface area contributed by atoms with Gasteiger partial charge in [-0.05, 0) is 80.5 Å². The smallest absolute Gasteiger partial charge is 0.364 e. The number of aromatic nitrogens is 2. The van der Waals surface area contributed by atoms with Gasteiger partial charge in [0.1, 0.15) is 0 Å². The van der Waals surface area contributed by atoms with Crippen LogP contribution < -0.4 is 5.73 Å². The van der Waals surface area contributed by atoms with Gasteiger partial charge in [0.25, 0.3) is 5.91 Å². The van der Waals surface area contributed by atoms with Crippen LogP contribution in [-0.2, 0) is 12.7 Å². The summed E-state index contributed by atoms with van der Waals surface area (Å²) in [5.41, 5.74) is 7.57. The number of nitrogens with two attached hydrogens (primary N) is 1. The van der Waals surface area contributed by atoms with Crippen molar-refractivity contribution in [1.29, 1.82) is 0 Å². The van der Waals surface area contributed by atoms with E-state index in [9.17, 15) is 18.0 Å². The molecule has 2 N–H and O–H groups in total. The van der Waals surface area contributed by atoms with E-state index in [4.69, 9.17) is 28.9 Å². The van der Waals surface area contributed by atoms with E-state index in [0.717, 1.165) is 42.9 Å². The normalized spacial score (nSPS) is 13.9. The zero-order chi connectivity index (χ0) is 27.7.